The number of hydrogen-bond acceptors (Lipinski definition) is 8. The summed E-state index contributed by atoms with van der Waals surface area (Å²) in [5, 5.41) is 7.11. The van der Waals surface area contributed by atoms with Gasteiger partial charge in [-0.2, -0.15) is 0 Å². The molecule has 9 heteroatoms. The number of fused-ring (bicyclic) bond motifs is 3. The number of amidine groups is 1. The summed E-state index contributed by atoms with van der Waals surface area (Å²) in [4.78, 5) is 10.0. The number of hydrogen-bond donors (Lipinski definition) is 3. The third-order valence-corrected chi connectivity index (χ3v) is 10.6. The average molecular weight is 553 g/mol. The molecule has 5 atom stereocenters. The van der Waals surface area contributed by atoms with Crippen molar-refractivity contribution >= 4 is 11.7 Å². The Balaban J connectivity index is 1.18. The fourth-order valence-electron chi connectivity index (χ4n) is 8.41. The molecule has 1 aromatic rings. The minimum atomic E-state index is -0.765. The molecule has 7 rings (SSSR count). The number of rotatable bonds is 4. The molecule has 0 aromatic heterocycles. The highest BCUT2D eigenvalue weighted by atomic mass is 19.1. The highest BCUT2D eigenvalue weighted by molar-refractivity contribution is 5.78. The SMILES string of the molecule is CN[C@@H]1CCCN(C2N=C(OC[C@@]34CCCN3C[C@H](F)C4)NC3=C2CO[C@@]2(CCCc4ccc(N)cc42)C3)CC1. The van der Waals surface area contributed by atoms with Crippen LogP contribution in [-0.2, 0) is 21.5 Å². The molecule has 40 heavy (non-hydrogen) atoms. The number of halogens is 1. The summed E-state index contributed by atoms with van der Waals surface area (Å²) in [6.45, 7) is 4.51. The molecule has 3 fully saturated rings. The number of aliphatic imine (C=N–C) groups is 1. The highest BCUT2D eigenvalue weighted by Gasteiger charge is 2.50. The predicted molar refractivity (Wildman–Crippen MR) is 155 cm³/mol. The summed E-state index contributed by atoms with van der Waals surface area (Å²) < 4.78 is 27.8. The van der Waals surface area contributed by atoms with E-state index in [9.17, 15) is 4.39 Å². The number of nitrogens with zero attached hydrogens (tertiary/aromatic N) is 3. The van der Waals surface area contributed by atoms with E-state index in [1.54, 1.807) is 0 Å². The largest absolute Gasteiger partial charge is 0.463 e. The zero-order chi connectivity index (χ0) is 27.3. The molecule has 0 amide bonds. The second-order valence-electron chi connectivity index (χ2n) is 13.0. The molecule has 0 saturated carbocycles. The predicted octanol–water partition coefficient (Wildman–Crippen LogP) is 3.43. The fraction of sp³-hybridized carbons (Fsp3) is 0.710. The Morgan fingerprint density at radius 1 is 1.20 bits per heavy atom. The maximum Gasteiger partial charge on any atom is 0.290 e. The number of ether oxygens (including phenoxy) is 2. The Morgan fingerprint density at radius 2 is 2.12 bits per heavy atom. The number of nitrogens with two attached hydrogens (primary N) is 1. The van der Waals surface area contributed by atoms with E-state index in [1.165, 1.54) is 28.8 Å². The number of benzene rings is 1. The van der Waals surface area contributed by atoms with Gasteiger partial charge < -0.3 is 25.8 Å². The third-order valence-electron chi connectivity index (χ3n) is 10.6. The van der Waals surface area contributed by atoms with Crippen molar-refractivity contribution in [2.75, 3.05) is 52.2 Å². The summed E-state index contributed by atoms with van der Waals surface area (Å²) in [5.74, 6) is 0. The van der Waals surface area contributed by atoms with Crippen LogP contribution in [0, 0.1) is 0 Å². The first-order valence-electron chi connectivity index (χ1n) is 15.5. The number of likely N-dealkylation sites (tertiary alicyclic amines) is 1. The summed E-state index contributed by atoms with van der Waals surface area (Å²) in [6, 6.07) is 7.43. The van der Waals surface area contributed by atoms with Crippen molar-refractivity contribution in [3.05, 3.63) is 40.6 Å². The monoisotopic (exact) mass is 552 g/mol. The summed E-state index contributed by atoms with van der Waals surface area (Å²) in [5.41, 5.74) is 11.5. The van der Waals surface area contributed by atoms with Gasteiger partial charge in [0, 0.05) is 55.5 Å². The van der Waals surface area contributed by atoms with Crippen LogP contribution in [0.4, 0.5) is 10.1 Å². The van der Waals surface area contributed by atoms with Crippen LogP contribution in [0.5, 0.6) is 0 Å². The molecule has 1 aromatic carbocycles. The van der Waals surface area contributed by atoms with Crippen LogP contribution >= 0.6 is 0 Å². The van der Waals surface area contributed by atoms with Gasteiger partial charge in [0.05, 0.1) is 17.7 Å². The molecule has 218 valence electrons. The van der Waals surface area contributed by atoms with Gasteiger partial charge in [-0.25, -0.2) is 9.38 Å². The first-order chi connectivity index (χ1) is 19.5. The van der Waals surface area contributed by atoms with Gasteiger partial charge in [-0.3, -0.25) is 9.80 Å². The molecular formula is C31H45FN6O2. The van der Waals surface area contributed by atoms with Crippen molar-refractivity contribution < 1.29 is 13.9 Å². The van der Waals surface area contributed by atoms with Crippen LogP contribution in [0.3, 0.4) is 0 Å². The lowest BCUT2D eigenvalue weighted by Crippen LogP contribution is -2.51. The van der Waals surface area contributed by atoms with E-state index >= 15 is 0 Å². The van der Waals surface area contributed by atoms with Gasteiger partial charge in [-0.1, -0.05) is 6.07 Å². The quantitative estimate of drug-likeness (QED) is 0.494. The molecule has 1 spiro atoms. The number of aryl methyl sites for hydroxylation is 1. The normalized spacial score (nSPS) is 36.5. The summed E-state index contributed by atoms with van der Waals surface area (Å²) in [7, 11) is 2.06. The Bertz CT molecular complexity index is 1190. The third kappa shape index (κ3) is 4.72. The van der Waals surface area contributed by atoms with Gasteiger partial charge in [0.2, 0.25) is 0 Å². The smallest absolute Gasteiger partial charge is 0.290 e. The van der Waals surface area contributed by atoms with Crippen LogP contribution < -0.4 is 16.4 Å². The van der Waals surface area contributed by atoms with Crippen molar-refractivity contribution in [1.29, 1.82) is 0 Å². The molecule has 1 unspecified atom stereocenters. The van der Waals surface area contributed by atoms with Crippen molar-refractivity contribution in [3.63, 3.8) is 0 Å². The minimum absolute atomic E-state index is 0.0993. The van der Waals surface area contributed by atoms with Gasteiger partial charge in [-0.05, 0) is 88.2 Å². The van der Waals surface area contributed by atoms with E-state index in [4.69, 9.17) is 20.2 Å². The van der Waals surface area contributed by atoms with E-state index < -0.39 is 6.17 Å². The number of anilines is 1. The molecule has 5 heterocycles. The van der Waals surface area contributed by atoms with Crippen molar-refractivity contribution in [2.24, 2.45) is 4.99 Å². The summed E-state index contributed by atoms with van der Waals surface area (Å²) >= 11 is 0. The zero-order valence-electron chi connectivity index (χ0n) is 23.9. The Kier molecular flexibility index (Phi) is 7.05. The number of alkyl halides is 1. The average Bonchev–Trinajstić information content (AvgIpc) is 3.36. The molecule has 0 bridgehead atoms. The van der Waals surface area contributed by atoms with E-state index in [1.807, 2.05) is 6.07 Å². The fourth-order valence-corrected chi connectivity index (χ4v) is 8.41. The summed E-state index contributed by atoms with van der Waals surface area (Å²) in [6.07, 6.45) is 9.10. The zero-order valence-corrected chi connectivity index (χ0v) is 23.9. The molecule has 8 nitrogen and oxygen atoms in total. The topological polar surface area (TPSA) is 87.4 Å². The van der Waals surface area contributed by atoms with Crippen LogP contribution in [0.2, 0.25) is 0 Å². The van der Waals surface area contributed by atoms with Gasteiger partial charge in [0.25, 0.3) is 6.02 Å². The van der Waals surface area contributed by atoms with E-state index in [0.29, 0.717) is 38.2 Å². The molecule has 3 saturated heterocycles. The number of nitrogens with one attached hydrogen (secondary N) is 2. The molecule has 6 aliphatic rings. The molecule has 5 aliphatic heterocycles. The molecule has 1 aliphatic carbocycles. The van der Waals surface area contributed by atoms with Crippen molar-refractivity contribution in [1.82, 2.24) is 20.4 Å². The first-order valence-corrected chi connectivity index (χ1v) is 15.5. The van der Waals surface area contributed by atoms with E-state index in [2.05, 4.69) is 39.6 Å². The van der Waals surface area contributed by atoms with Crippen LogP contribution in [0.25, 0.3) is 0 Å². The Hall–Kier alpha value is -2.20. The highest BCUT2D eigenvalue weighted by Crippen LogP contribution is 2.47. The Labute approximate surface area is 237 Å². The lowest BCUT2D eigenvalue weighted by molar-refractivity contribution is -0.0677. The van der Waals surface area contributed by atoms with Gasteiger partial charge in [0.1, 0.15) is 18.9 Å². The van der Waals surface area contributed by atoms with Crippen LogP contribution in [0.15, 0.2) is 34.5 Å². The van der Waals surface area contributed by atoms with Crippen molar-refractivity contribution in [2.45, 2.75) is 93.7 Å². The van der Waals surface area contributed by atoms with Gasteiger partial charge in [-0.15, -0.1) is 0 Å². The second-order valence-corrected chi connectivity index (χ2v) is 13.0. The molecular weight excluding hydrogens is 507 g/mol. The van der Waals surface area contributed by atoms with Gasteiger partial charge >= 0.3 is 0 Å². The van der Waals surface area contributed by atoms with E-state index in [-0.39, 0.29) is 17.3 Å². The lowest BCUT2D eigenvalue weighted by atomic mass is 9.74. The van der Waals surface area contributed by atoms with Gasteiger partial charge in [0.15, 0.2) is 0 Å². The van der Waals surface area contributed by atoms with Crippen LogP contribution in [0.1, 0.15) is 68.9 Å². The standard InChI is InChI=1S/C31H45FN6O2/c1-34-24-6-3-12-37(14-9-24)28-25-19-40-31(11-2-5-21-7-8-23(33)15-26(21)31)17-27(25)35-29(36-28)39-20-30-10-4-13-38(30)18-22(32)16-30/h7-8,15,22,24,28,34H,2-6,9-14,16-20,33H2,1H3,(H,35,36)/t22-,24-,28?,30+,31+/m1/s1. The van der Waals surface area contributed by atoms with Crippen molar-refractivity contribution in [3.8, 4) is 0 Å². The lowest BCUT2D eigenvalue weighted by Gasteiger charge is -2.46. The minimum Gasteiger partial charge on any atom is -0.463 e. The van der Waals surface area contributed by atoms with Crippen LogP contribution in [-0.4, -0.2) is 86.2 Å². The maximum absolute atomic E-state index is 14.4. The maximum atomic E-state index is 14.4. The first kappa shape index (κ1) is 26.7. The molecule has 0 radical (unpaired) electrons. The second kappa shape index (κ2) is 10.6. The number of nitrogen functional groups attached to an aromatic ring is 1. The molecule has 4 N–H and O–H groups in total. The van der Waals surface area contributed by atoms with E-state index in [0.717, 1.165) is 76.7 Å². The Morgan fingerprint density at radius 3 is 3.02 bits per heavy atom.